The fraction of sp³-hybridized carbons (Fsp3) is 0.867. The zero-order chi connectivity index (χ0) is 12.0. The maximum atomic E-state index is 2.65. The third kappa shape index (κ3) is 2.20. The number of allylic oxidation sites excluding steroid dienone is 2. The molecular weight excluding hydrogens is 194 g/mol. The van der Waals surface area contributed by atoms with E-state index in [-0.39, 0.29) is 0 Å². The molecule has 1 aliphatic heterocycles. The van der Waals surface area contributed by atoms with E-state index in [0.717, 1.165) is 0 Å². The molecule has 0 aromatic heterocycles. The highest BCUT2D eigenvalue weighted by Crippen LogP contribution is 2.53. The van der Waals surface area contributed by atoms with Crippen LogP contribution in [0, 0.1) is 5.41 Å². The lowest BCUT2D eigenvalue weighted by Gasteiger charge is -2.52. The Kier molecular flexibility index (Phi) is 2.94. The molecule has 1 saturated carbocycles. The van der Waals surface area contributed by atoms with E-state index < -0.39 is 0 Å². The van der Waals surface area contributed by atoms with E-state index in [9.17, 15) is 0 Å². The maximum absolute atomic E-state index is 2.65. The molecule has 1 saturated heterocycles. The lowest BCUT2D eigenvalue weighted by Crippen LogP contribution is -2.51. The van der Waals surface area contributed by atoms with Gasteiger partial charge in [0, 0.05) is 5.54 Å². The Bertz CT molecular complexity index is 284. The predicted molar refractivity (Wildman–Crippen MR) is 70.6 cm³/mol. The standard InChI is InChI=1S/C15H27N/c1-12(2)13-10-15(11-13)6-8-16(9-7-15)14(3,4)5/h6-11H2,1-5H3. The van der Waals surface area contributed by atoms with E-state index in [0.29, 0.717) is 11.0 Å². The average molecular weight is 221 g/mol. The van der Waals surface area contributed by atoms with Gasteiger partial charge in [-0.15, -0.1) is 0 Å². The Labute approximate surface area is 101 Å². The topological polar surface area (TPSA) is 3.24 Å². The van der Waals surface area contributed by atoms with Crippen molar-refractivity contribution in [1.82, 2.24) is 4.90 Å². The molecule has 0 unspecified atom stereocenters. The van der Waals surface area contributed by atoms with Gasteiger partial charge in [-0.25, -0.2) is 0 Å². The predicted octanol–water partition coefficient (Wildman–Crippen LogP) is 4.00. The molecule has 0 radical (unpaired) electrons. The van der Waals surface area contributed by atoms with E-state index in [1.165, 1.54) is 38.8 Å². The Balaban J connectivity index is 1.90. The van der Waals surface area contributed by atoms with Crippen molar-refractivity contribution in [2.24, 2.45) is 5.41 Å². The first kappa shape index (κ1) is 12.2. The Morgan fingerprint density at radius 1 is 1.06 bits per heavy atom. The second-order valence-corrected chi connectivity index (χ2v) is 7.11. The summed E-state index contributed by atoms with van der Waals surface area (Å²) < 4.78 is 0. The molecule has 0 bridgehead atoms. The third-order valence-corrected chi connectivity index (χ3v) is 4.66. The highest BCUT2D eigenvalue weighted by atomic mass is 15.2. The second-order valence-electron chi connectivity index (χ2n) is 7.11. The summed E-state index contributed by atoms with van der Waals surface area (Å²) >= 11 is 0. The molecule has 0 amide bonds. The molecule has 1 spiro atoms. The average Bonchev–Trinajstić information content (AvgIpc) is 2.12. The van der Waals surface area contributed by atoms with Gasteiger partial charge in [0.1, 0.15) is 0 Å². The lowest BCUT2D eigenvalue weighted by atomic mass is 9.59. The first-order valence-electron chi connectivity index (χ1n) is 6.73. The van der Waals surface area contributed by atoms with Crippen molar-refractivity contribution < 1.29 is 0 Å². The van der Waals surface area contributed by atoms with E-state index in [4.69, 9.17) is 0 Å². The minimum Gasteiger partial charge on any atom is -0.298 e. The molecular formula is C15H27N. The van der Waals surface area contributed by atoms with Gasteiger partial charge >= 0.3 is 0 Å². The quantitative estimate of drug-likeness (QED) is 0.559. The molecule has 1 heterocycles. The summed E-state index contributed by atoms with van der Waals surface area (Å²) in [5.41, 5.74) is 4.38. The van der Waals surface area contributed by atoms with Crippen molar-refractivity contribution in [2.75, 3.05) is 13.1 Å². The largest absolute Gasteiger partial charge is 0.298 e. The van der Waals surface area contributed by atoms with Crippen LogP contribution in [-0.2, 0) is 0 Å². The van der Waals surface area contributed by atoms with Crippen LogP contribution in [0.15, 0.2) is 11.1 Å². The molecule has 0 aromatic rings. The molecule has 16 heavy (non-hydrogen) atoms. The van der Waals surface area contributed by atoms with Crippen LogP contribution in [0.4, 0.5) is 0 Å². The van der Waals surface area contributed by atoms with Gasteiger partial charge in [0.05, 0.1) is 0 Å². The summed E-state index contributed by atoms with van der Waals surface area (Å²) in [6, 6.07) is 0. The van der Waals surface area contributed by atoms with Crippen LogP contribution >= 0.6 is 0 Å². The highest BCUT2D eigenvalue weighted by Gasteiger charge is 2.44. The molecule has 1 aliphatic carbocycles. The van der Waals surface area contributed by atoms with Gasteiger partial charge in [-0.3, -0.25) is 4.90 Å². The number of likely N-dealkylation sites (tertiary alicyclic amines) is 1. The fourth-order valence-electron chi connectivity index (χ4n) is 3.21. The van der Waals surface area contributed by atoms with Gasteiger partial charge in [0.25, 0.3) is 0 Å². The summed E-state index contributed by atoms with van der Waals surface area (Å²) in [5.74, 6) is 0. The van der Waals surface area contributed by atoms with Gasteiger partial charge in [-0.2, -0.15) is 0 Å². The van der Waals surface area contributed by atoms with Crippen LogP contribution in [0.3, 0.4) is 0 Å². The van der Waals surface area contributed by atoms with Gasteiger partial charge < -0.3 is 0 Å². The van der Waals surface area contributed by atoms with Gasteiger partial charge in [-0.05, 0) is 78.8 Å². The van der Waals surface area contributed by atoms with E-state index in [2.05, 4.69) is 39.5 Å². The Morgan fingerprint density at radius 2 is 1.56 bits per heavy atom. The number of nitrogens with zero attached hydrogens (tertiary/aromatic N) is 1. The normalized spacial score (nSPS) is 25.7. The van der Waals surface area contributed by atoms with Crippen LogP contribution in [0.5, 0.6) is 0 Å². The molecule has 1 nitrogen and oxygen atoms in total. The highest BCUT2D eigenvalue weighted by molar-refractivity contribution is 5.24. The second kappa shape index (κ2) is 3.87. The van der Waals surface area contributed by atoms with Gasteiger partial charge in [0.2, 0.25) is 0 Å². The van der Waals surface area contributed by atoms with Crippen molar-refractivity contribution in [3.8, 4) is 0 Å². The van der Waals surface area contributed by atoms with Crippen molar-refractivity contribution in [2.45, 2.75) is 65.8 Å². The zero-order valence-electron chi connectivity index (χ0n) is 11.7. The van der Waals surface area contributed by atoms with Crippen molar-refractivity contribution in [3.05, 3.63) is 11.1 Å². The van der Waals surface area contributed by atoms with E-state index in [1.54, 1.807) is 11.1 Å². The van der Waals surface area contributed by atoms with Crippen LogP contribution in [0.25, 0.3) is 0 Å². The monoisotopic (exact) mass is 221 g/mol. The van der Waals surface area contributed by atoms with Crippen LogP contribution in [0.1, 0.15) is 60.3 Å². The van der Waals surface area contributed by atoms with E-state index >= 15 is 0 Å². The van der Waals surface area contributed by atoms with Crippen molar-refractivity contribution in [3.63, 3.8) is 0 Å². The Hall–Kier alpha value is -0.300. The zero-order valence-corrected chi connectivity index (χ0v) is 11.7. The SMILES string of the molecule is CC(C)=C1CC2(CCN(C(C)(C)C)CC2)C1. The number of piperidine rings is 1. The van der Waals surface area contributed by atoms with Crippen LogP contribution < -0.4 is 0 Å². The first-order chi connectivity index (χ1) is 7.32. The fourth-order valence-corrected chi connectivity index (χ4v) is 3.21. The number of hydrogen-bond acceptors (Lipinski definition) is 1. The molecule has 0 N–H and O–H groups in total. The Morgan fingerprint density at radius 3 is 1.94 bits per heavy atom. The summed E-state index contributed by atoms with van der Waals surface area (Å²) in [5, 5.41) is 0. The molecule has 0 aromatic carbocycles. The molecule has 2 rings (SSSR count). The van der Waals surface area contributed by atoms with Crippen LogP contribution in [0.2, 0.25) is 0 Å². The molecule has 0 atom stereocenters. The van der Waals surface area contributed by atoms with E-state index in [1.807, 2.05) is 0 Å². The minimum absolute atomic E-state index is 0.366. The van der Waals surface area contributed by atoms with Crippen molar-refractivity contribution >= 4 is 0 Å². The smallest absolute Gasteiger partial charge is 0.0125 e. The van der Waals surface area contributed by atoms with Gasteiger partial charge in [0.15, 0.2) is 0 Å². The number of hydrogen-bond donors (Lipinski definition) is 0. The lowest BCUT2D eigenvalue weighted by molar-refractivity contribution is 0.0214. The third-order valence-electron chi connectivity index (χ3n) is 4.66. The summed E-state index contributed by atoms with van der Waals surface area (Å²) in [7, 11) is 0. The molecule has 92 valence electrons. The number of rotatable bonds is 0. The van der Waals surface area contributed by atoms with Gasteiger partial charge in [-0.1, -0.05) is 11.1 Å². The molecule has 2 fully saturated rings. The van der Waals surface area contributed by atoms with Crippen LogP contribution in [-0.4, -0.2) is 23.5 Å². The molecule has 1 heteroatoms. The first-order valence-corrected chi connectivity index (χ1v) is 6.73. The summed E-state index contributed by atoms with van der Waals surface area (Å²) in [4.78, 5) is 2.65. The molecule has 2 aliphatic rings. The summed E-state index contributed by atoms with van der Waals surface area (Å²) in [6.07, 6.45) is 5.63. The maximum Gasteiger partial charge on any atom is 0.0125 e. The summed E-state index contributed by atoms with van der Waals surface area (Å²) in [6.45, 7) is 14.2. The van der Waals surface area contributed by atoms with Crippen molar-refractivity contribution in [1.29, 1.82) is 0 Å². The minimum atomic E-state index is 0.366.